The van der Waals surface area contributed by atoms with Gasteiger partial charge in [-0.1, -0.05) is 0 Å². The molecule has 1 fully saturated rings. The van der Waals surface area contributed by atoms with E-state index in [-0.39, 0.29) is 24.1 Å². The van der Waals surface area contributed by atoms with Crippen molar-refractivity contribution in [2.75, 3.05) is 7.11 Å². The Balaban J connectivity index is 1.46. The third-order valence-corrected chi connectivity index (χ3v) is 5.30. The zero-order chi connectivity index (χ0) is 22.1. The predicted octanol–water partition coefficient (Wildman–Crippen LogP) is 3.88. The van der Waals surface area contributed by atoms with Gasteiger partial charge in [-0.15, -0.1) is 0 Å². The summed E-state index contributed by atoms with van der Waals surface area (Å²) in [6.07, 6.45) is 6.62. The van der Waals surface area contributed by atoms with Crippen molar-refractivity contribution >= 4 is 5.91 Å². The van der Waals surface area contributed by atoms with E-state index in [0.717, 1.165) is 18.5 Å². The number of hydrogen-bond acceptors (Lipinski definition) is 6. The molecule has 0 aliphatic heterocycles. The van der Waals surface area contributed by atoms with Crippen molar-refractivity contribution in [3.63, 3.8) is 0 Å². The van der Waals surface area contributed by atoms with Crippen LogP contribution in [0.5, 0.6) is 5.75 Å². The molecule has 1 N–H and O–H groups in total. The van der Waals surface area contributed by atoms with Crippen molar-refractivity contribution in [3.05, 3.63) is 77.9 Å². The van der Waals surface area contributed by atoms with Crippen molar-refractivity contribution in [2.24, 2.45) is 0 Å². The number of rotatable bonds is 7. The standard InChI is InChI=1S/C23H20FN5O3/c1-31-20-7-6-15(11-18(20)24)19-8-9-25-23(28-19)29-21(14-4-5-14)17(13-27-29)22(30)26-12-16-3-2-10-32-16/h2-3,6-11,13-14H,4-5,12H2,1H3,(H,26,30). The van der Waals surface area contributed by atoms with Crippen LogP contribution in [0.15, 0.2) is 59.5 Å². The highest BCUT2D eigenvalue weighted by Gasteiger charge is 2.33. The Morgan fingerprint density at radius 2 is 2.19 bits per heavy atom. The normalized spacial score (nSPS) is 13.2. The molecule has 1 aliphatic carbocycles. The molecule has 1 saturated carbocycles. The number of furan rings is 1. The smallest absolute Gasteiger partial charge is 0.255 e. The quantitative estimate of drug-likeness (QED) is 0.475. The minimum Gasteiger partial charge on any atom is -0.494 e. The number of halogens is 1. The van der Waals surface area contributed by atoms with E-state index in [4.69, 9.17) is 9.15 Å². The van der Waals surface area contributed by atoms with Crippen LogP contribution >= 0.6 is 0 Å². The fourth-order valence-corrected chi connectivity index (χ4v) is 3.55. The number of carbonyl (C=O) groups excluding carboxylic acids is 1. The average Bonchev–Trinajstić information content (AvgIpc) is 3.33. The van der Waals surface area contributed by atoms with Crippen molar-refractivity contribution in [1.29, 1.82) is 0 Å². The number of amides is 1. The molecule has 0 atom stereocenters. The second-order valence-corrected chi connectivity index (χ2v) is 7.48. The third-order valence-electron chi connectivity index (χ3n) is 5.30. The second kappa shape index (κ2) is 8.26. The first-order valence-corrected chi connectivity index (χ1v) is 10.2. The zero-order valence-corrected chi connectivity index (χ0v) is 17.3. The van der Waals surface area contributed by atoms with Crippen LogP contribution in [0.3, 0.4) is 0 Å². The van der Waals surface area contributed by atoms with Gasteiger partial charge in [-0.2, -0.15) is 5.10 Å². The summed E-state index contributed by atoms with van der Waals surface area (Å²) in [6.45, 7) is 0.288. The van der Waals surface area contributed by atoms with Gasteiger partial charge in [-0.3, -0.25) is 4.79 Å². The Labute approximate surface area is 183 Å². The van der Waals surface area contributed by atoms with E-state index in [0.29, 0.717) is 28.5 Å². The first-order valence-electron chi connectivity index (χ1n) is 10.2. The molecule has 32 heavy (non-hydrogen) atoms. The summed E-state index contributed by atoms with van der Waals surface area (Å²) in [4.78, 5) is 21.7. The highest BCUT2D eigenvalue weighted by atomic mass is 19.1. The summed E-state index contributed by atoms with van der Waals surface area (Å²) < 4.78 is 26.0. The molecule has 3 aromatic heterocycles. The van der Waals surface area contributed by atoms with Crippen molar-refractivity contribution in [3.8, 4) is 23.0 Å². The van der Waals surface area contributed by atoms with Crippen molar-refractivity contribution < 1.29 is 18.3 Å². The number of methoxy groups -OCH3 is 1. The van der Waals surface area contributed by atoms with Gasteiger partial charge in [0.25, 0.3) is 11.9 Å². The third kappa shape index (κ3) is 3.84. The lowest BCUT2D eigenvalue weighted by molar-refractivity contribution is 0.0947. The van der Waals surface area contributed by atoms with Gasteiger partial charge >= 0.3 is 0 Å². The molecule has 0 saturated heterocycles. The van der Waals surface area contributed by atoms with Crippen LogP contribution in [0.1, 0.15) is 40.6 Å². The number of benzene rings is 1. The highest BCUT2D eigenvalue weighted by Crippen LogP contribution is 2.42. The van der Waals surface area contributed by atoms with Crippen molar-refractivity contribution in [2.45, 2.75) is 25.3 Å². The largest absolute Gasteiger partial charge is 0.494 e. The van der Waals surface area contributed by atoms with Crippen LogP contribution in [0, 0.1) is 5.82 Å². The minimum atomic E-state index is -0.474. The van der Waals surface area contributed by atoms with Gasteiger partial charge in [0.05, 0.1) is 43.1 Å². The molecule has 1 aromatic carbocycles. The van der Waals surface area contributed by atoms with E-state index in [1.54, 1.807) is 47.5 Å². The Hall–Kier alpha value is -4.01. The first-order chi connectivity index (χ1) is 15.6. The minimum absolute atomic E-state index is 0.163. The highest BCUT2D eigenvalue weighted by molar-refractivity contribution is 5.95. The van der Waals surface area contributed by atoms with Crippen LogP contribution in [0.2, 0.25) is 0 Å². The SMILES string of the molecule is COc1ccc(-c2ccnc(-n3ncc(C(=O)NCc4ccco4)c3C3CC3)n2)cc1F. The number of aromatic nitrogens is 4. The molecule has 0 unspecified atom stereocenters. The molecular formula is C23H20FN5O3. The Morgan fingerprint density at radius 3 is 2.91 bits per heavy atom. The predicted molar refractivity (Wildman–Crippen MR) is 113 cm³/mol. The van der Waals surface area contributed by atoms with Crippen molar-refractivity contribution in [1.82, 2.24) is 25.1 Å². The number of hydrogen-bond donors (Lipinski definition) is 1. The van der Waals surface area contributed by atoms with Gasteiger partial charge in [0.15, 0.2) is 11.6 Å². The monoisotopic (exact) mass is 433 g/mol. The Bertz CT molecular complexity index is 1260. The summed E-state index contributed by atoms with van der Waals surface area (Å²) in [7, 11) is 1.42. The molecule has 5 rings (SSSR count). The lowest BCUT2D eigenvalue weighted by Gasteiger charge is -2.09. The molecule has 4 aromatic rings. The summed E-state index contributed by atoms with van der Waals surface area (Å²) in [5, 5.41) is 7.27. The van der Waals surface area contributed by atoms with Gasteiger partial charge in [-0.05, 0) is 49.2 Å². The van der Waals surface area contributed by atoms with Gasteiger partial charge < -0.3 is 14.5 Å². The second-order valence-electron chi connectivity index (χ2n) is 7.48. The molecule has 0 radical (unpaired) electrons. The van der Waals surface area contributed by atoms with Crippen LogP contribution in [0.25, 0.3) is 17.2 Å². The van der Waals surface area contributed by atoms with Crippen LogP contribution in [0.4, 0.5) is 4.39 Å². The summed E-state index contributed by atoms with van der Waals surface area (Å²) in [6, 6.07) is 9.91. The molecule has 9 heteroatoms. The zero-order valence-electron chi connectivity index (χ0n) is 17.3. The number of nitrogens with zero attached hydrogens (tertiary/aromatic N) is 4. The number of ether oxygens (including phenoxy) is 1. The summed E-state index contributed by atoms with van der Waals surface area (Å²) >= 11 is 0. The molecule has 0 spiro atoms. The van der Waals surface area contributed by atoms with E-state index in [1.807, 2.05) is 0 Å². The summed E-state index contributed by atoms with van der Waals surface area (Å²) in [5.74, 6) is 0.664. The maximum Gasteiger partial charge on any atom is 0.255 e. The lowest BCUT2D eigenvalue weighted by Crippen LogP contribution is -2.23. The van der Waals surface area contributed by atoms with Gasteiger partial charge in [-0.25, -0.2) is 19.0 Å². The fourth-order valence-electron chi connectivity index (χ4n) is 3.55. The molecule has 0 bridgehead atoms. The van der Waals surface area contributed by atoms with Crippen LogP contribution in [-0.4, -0.2) is 32.8 Å². The van der Waals surface area contributed by atoms with Gasteiger partial charge in [0.2, 0.25) is 0 Å². The molecule has 8 nitrogen and oxygen atoms in total. The molecule has 3 heterocycles. The van der Waals surface area contributed by atoms with E-state index < -0.39 is 5.82 Å². The molecule has 1 aliphatic rings. The number of carbonyl (C=O) groups is 1. The van der Waals surface area contributed by atoms with Gasteiger partial charge in [0, 0.05) is 17.7 Å². The lowest BCUT2D eigenvalue weighted by atomic mass is 10.1. The van der Waals surface area contributed by atoms with E-state index in [1.165, 1.54) is 19.4 Å². The summed E-state index contributed by atoms with van der Waals surface area (Å²) in [5.41, 5.74) is 2.39. The van der Waals surface area contributed by atoms with E-state index in [2.05, 4.69) is 20.4 Å². The Kier molecular flexibility index (Phi) is 5.14. The van der Waals surface area contributed by atoms with Gasteiger partial charge in [0.1, 0.15) is 5.76 Å². The fraction of sp³-hybridized carbons (Fsp3) is 0.217. The average molecular weight is 433 g/mol. The van der Waals surface area contributed by atoms with Crippen LogP contribution in [-0.2, 0) is 6.54 Å². The van der Waals surface area contributed by atoms with E-state index in [9.17, 15) is 9.18 Å². The molecule has 162 valence electrons. The maximum atomic E-state index is 14.2. The first kappa shape index (κ1) is 19.9. The molecular weight excluding hydrogens is 413 g/mol. The Morgan fingerprint density at radius 1 is 1.31 bits per heavy atom. The van der Waals surface area contributed by atoms with E-state index >= 15 is 0 Å². The maximum absolute atomic E-state index is 14.2. The topological polar surface area (TPSA) is 95.1 Å². The number of nitrogens with one attached hydrogen (secondary N) is 1. The molecule has 1 amide bonds. The van der Waals surface area contributed by atoms with Crippen LogP contribution < -0.4 is 10.1 Å².